The number of benzene rings is 1. The molecule has 1 aliphatic heterocycles. The molecule has 0 radical (unpaired) electrons. The molecule has 2 N–H and O–H groups in total. The molecule has 168 valence electrons. The van der Waals surface area contributed by atoms with Crippen LogP contribution in [0.3, 0.4) is 0 Å². The highest BCUT2D eigenvalue weighted by Crippen LogP contribution is 2.19. The Morgan fingerprint density at radius 3 is 2.30 bits per heavy atom. The summed E-state index contributed by atoms with van der Waals surface area (Å²) in [6.45, 7) is 12.8. The first-order valence-corrected chi connectivity index (χ1v) is 11.2. The predicted molar refractivity (Wildman–Crippen MR) is 120 cm³/mol. The fraction of sp³-hybridized carbons (Fsp3) is 0.652. The molecule has 0 aromatic heterocycles. The van der Waals surface area contributed by atoms with E-state index in [1.165, 1.54) is 5.56 Å². The van der Waals surface area contributed by atoms with Crippen molar-refractivity contribution in [1.82, 2.24) is 15.5 Å². The van der Waals surface area contributed by atoms with Gasteiger partial charge in [0.25, 0.3) is 0 Å². The number of hydrogen-bond acceptors (Lipinski definition) is 4. The predicted octanol–water partition coefficient (Wildman–Crippen LogP) is 4.22. The van der Waals surface area contributed by atoms with Gasteiger partial charge in [-0.25, -0.2) is 4.79 Å². The molecule has 0 saturated carbocycles. The number of likely N-dealkylation sites (tertiary alicyclic amines) is 1. The van der Waals surface area contributed by atoms with Crippen LogP contribution >= 0.6 is 11.6 Å². The maximum atomic E-state index is 12.7. The first kappa shape index (κ1) is 24.5. The van der Waals surface area contributed by atoms with E-state index in [-0.39, 0.29) is 11.8 Å². The maximum Gasteiger partial charge on any atom is 0.408 e. The SMILES string of the molecule is CC(C)C(NC(=O)OC(C)(C)C)C(=O)NCC1CCN(Cc2ccc(Cl)cc2)CC1. The molecule has 7 heteroatoms. The first-order chi connectivity index (χ1) is 14.0. The number of rotatable bonds is 7. The second kappa shape index (κ2) is 11.0. The van der Waals surface area contributed by atoms with Crippen molar-refractivity contribution in [1.29, 1.82) is 0 Å². The summed E-state index contributed by atoms with van der Waals surface area (Å²) < 4.78 is 5.29. The smallest absolute Gasteiger partial charge is 0.408 e. The second-order valence-corrected chi connectivity index (χ2v) is 9.90. The van der Waals surface area contributed by atoms with Crippen LogP contribution < -0.4 is 10.6 Å². The lowest BCUT2D eigenvalue weighted by Crippen LogP contribution is -2.52. The Balaban J connectivity index is 1.75. The number of amides is 2. The molecule has 1 saturated heterocycles. The molecule has 2 amide bonds. The summed E-state index contributed by atoms with van der Waals surface area (Å²) in [7, 11) is 0. The number of nitrogens with zero attached hydrogens (tertiary/aromatic N) is 1. The molecule has 1 aliphatic rings. The van der Waals surface area contributed by atoms with E-state index in [0.717, 1.165) is 37.5 Å². The highest BCUT2D eigenvalue weighted by molar-refractivity contribution is 6.30. The third kappa shape index (κ3) is 8.52. The zero-order valence-electron chi connectivity index (χ0n) is 18.8. The monoisotopic (exact) mass is 437 g/mol. The van der Waals surface area contributed by atoms with Gasteiger partial charge >= 0.3 is 6.09 Å². The Bertz CT molecular complexity index is 693. The van der Waals surface area contributed by atoms with Crippen molar-refractivity contribution in [2.45, 2.75) is 65.6 Å². The number of carbonyl (C=O) groups is 2. The molecule has 1 fully saturated rings. The highest BCUT2D eigenvalue weighted by atomic mass is 35.5. The Morgan fingerprint density at radius 1 is 1.17 bits per heavy atom. The number of nitrogens with one attached hydrogen (secondary N) is 2. The number of carbonyl (C=O) groups excluding carboxylic acids is 2. The lowest BCUT2D eigenvalue weighted by Gasteiger charge is -2.32. The molecule has 0 bridgehead atoms. The first-order valence-electron chi connectivity index (χ1n) is 10.8. The number of piperidine rings is 1. The van der Waals surface area contributed by atoms with Gasteiger partial charge in [-0.05, 0) is 76.2 Å². The van der Waals surface area contributed by atoms with Gasteiger partial charge in [-0.1, -0.05) is 37.6 Å². The zero-order chi connectivity index (χ0) is 22.3. The van der Waals surface area contributed by atoms with Crippen molar-refractivity contribution in [2.24, 2.45) is 11.8 Å². The second-order valence-electron chi connectivity index (χ2n) is 9.46. The fourth-order valence-electron chi connectivity index (χ4n) is 3.52. The van der Waals surface area contributed by atoms with Gasteiger partial charge in [0.05, 0.1) is 0 Å². The molecule has 0 aliphatic carbocycles. The third-order valence-electron chi connectivity index (χ3n) is 5.21. The van der Waals surface area contributed by atoms with E-state index in [0.29, 0.717) is 12.5 Å². The molecular formula is C23H36ClN3O3. The highest BCUT2D eigenvalue weighted by Gasteiger charge is 2.28. The number of hydrogen-bond donors (Lipinski definition) is 2. The van der Waals surface area contributed by atoms with Crippen LogP contribution in [0.1, 0.15) is 53.0 Å². The molecular weight excluding hydrogens is 402 g/mol. The van der Waals surface area contributed by atoms with Crippen LogP contribution in [0.5, 0.6) is 0 Å². The molecule has 1 atom stereocenters. The molecule has 2 rings (SSSR count). The van der Waals surface area contributed by atoms with E-state index in [4.69, 9.17) is 16.3 Å². The van der Waals surface area contributed by atoms with Crippen LogP contribution in [0.15, 0.2) is 24.3 Å². The van der Waals surface area contributed by atoms with Crippen molar-refractivity contribution >= 4 is 23.6 Å². The Morgan fingerprint density at radius 2 is 1.77 bits per heavy atom. The van der Waals surface area contributed by atoms with Crippen molar-refractivity contribution in [3.63, 3.8) is 0 Å². The van der Waals surface area contributed by atoms with Gasteiger partial charge in [0.2, 0.25) is 5.91 Å². The molecule has 1 unspecified atom stereocenters. The van der Waals surface area contributed by atoms with Gasteiger partial charge in [-0.3, -0.25) is 9.69 Å². The summed E-state index contributed by atoms with van der Waals surface area (Å²) >= 11 is 5.95. The quantitative estimate of drug-likeness (QED) is 0.670. The van der Waals surface area contributed by atoms with E-state index in [9.17, 15) is 9.59 Å². The van der Waals surface area contributed by atoms with E-state index in [1.54, 1.807) is 20.8 Å². The number of alkyl carbamates (subject to hydrolysis) is 1. The molecule has 1 aromatic rings. The van der Waals surface area contributed by atoms with Crippen LogP contribution in [0.2, 0.25) is 5.02 Å². The summed E-state index contributed by atoms with van der Waals surface area (Å²) in [5, 5.41) is 6.50. The molecule has 1 aromatic carbocycles. The van der Waals surface area contributed by atoms with Crippen molar-refractivity contribution in [3.05, 3.63) is 34.9 Å². The standard InChI is InChI=1S/C23H36ClN3O3/c1-16(2)20(26-22(29)30-23(3,4)5)21(28)25-14-17-10-12-27(13-11-17)15-18-6-8-19(24)9-7-18/h6-9,16-17,20H,10-15H2,1-5H3,(H,25,28)(H,26,29). The molecule has 30 heavy (non-hydrogen) atoms. The molecule has 0 spiro atoms. The topological polar surface area (TPSA) is 70.7 Å². The Labute approximate surface area is 185 Å². The molecule has 6 nitrogen and oxygen atoms in total. The van der Waals surface area contributed by atoms with Gasteiger partial charge in [0.15, 0.2) is 0 Å². The minimum atomic E-state index is -0.607. The minimum absolute atomic E-state index is 0.0289. The summed E-state index contributed by atoms with van der Waals surface area (Å²) in [6, 6.07) is 7.38. The van der Waals surface area contributed by atoms with Gasteiger partial charge in [-0.2, -0.15) is 0 Å². The lowest BCUT2D eigenvalue weighted by atomic mass is 9.96. The van der Waals surface area contributed by atoms with Crippen LogP contribution in [0, 0.1) is 11.8 Å². The van der Waals surface area contributed by atoms with E-state index < -0.39 is 17.7 Å². The lowest BCUT2D eigenvalue weighted by molar-refractivity contribution is -0.124. The van der Waals surface area contributed by atoms with E-state index in [1.807, 2.05) is 26.0 Å². The molecule has 1 heterocycles. The summed E-state index contributed by atoms with van der Waals surface area (Å²) in [4.78, 5) is 27.2. The average Bonchev–Trinajstić information content (AvgIpc) is 2.65. The van der Waals surface area contributed by atoms with E-state index in [2.05, 4.69) is 27.7 Å². The van der Waals surface area contributed by atoms with Crippen LogP contribution in [-0.4, -0.2) is 48.2 Å². The van der Waals surface area contributed by atoms with Gasteiger partial charge in [0, 0.05) is 18.1 Å². The third-order valence-corrected chi connectivity index (χ3v) is 5.46. The van der Waals surface area contributed by atoms with Gasteiger partial charge in [0.1, 0.15) is 11.6 Å². The normalized spacial score (nSPS) is 16.9. The van der Waals surface area contributed by atoms with Gasteiger partial charge in [-0.15, -0.1) is 0 Å². The Hall–Kier alpha value is -1.79. The number of ether oxygens (including phenoxy) is 1. The van der Waals surface area contributed by atoms with Crippen molar-refractivity contribution < 1.29 is 14.3 Å². The summed E-state index contributed by atoms with van der Waals surface area (Å²) in [6.07, 6.45) is 1.52. The maximum absolute atomic E-state index is 12.7. The number of halogens is 1. The summed E-state index contributed by atoms with van der Waals surface area (Å²) in [5.41, 5.74) is 0.668. The Kier molecular flexibility index (Phi) is 8.98. The van der Waals surface area contributed by atoms with Gasteiger partial charge < -0.3 is 15.4 Å². The van der Waals surface area contributed by atoms with Crippen molar-refractivity contribution in [3.8, 4) is 0 Å². The van der Waals surface area contributed by atoms with E-state index >= 15 is 0 Å². The van der Waals surface area contributed by atoms with Crippen LogP contribution in [-0.2, 0) is 16.1 Å². The van der Waals surface area contributed by atoms with Crippen molar-refractivity contribution in [2.75, 3.05) is 19.6 Å². The summed E-state index contributed by atoms with van der Waals surface area (Å²) in [5.74, 6) is 0.267. The largest absolute Gasteiger partial charge is 0.444 e. The average molecular weight is 438 g/mol. The fourth-order valence-corrected chi connectivity index (χ4v) is 3.65. The van der Waals surface area contributed by atoms with Crippen LogP contribution in [0.4, 0.5) is 4.79 Å². The zero-order valence-corrected chi connectivity index (χ0v) is 19.6. The minimum Gasteiger partial charge on any atom is -0.444 e. The van der Waals surface area contributed by atoms with Crippen LogP contribution in [0.25, 0.3) is 0 Å².